The van der Waals surface area contributed by atoms with E-state index < -0.39 is 37.3 Å². The van der Waals surface area contributed by atoms with E-state index in [2.05, 4.69) is 0 Å². The zero-order chi connectivity index (χ0) is 10.7. The third kappa shape index (κ3) is 2.37. The molecule has 1 aliphatic rings. The van der Waals surface area contributed by atoms with Crippen molar-refractivity contribution in [3.63, 3.8) is 0 Å². The standard InChI is InChI=1S/C7H14O6S/c1-14-13-7-6(11)5(10)4(9)3(2-8)12-7/h3-11H,2H2,1H3. The smallest absolute Gasteiger partial charge is 0.199 e. The van der Waals surface area contributed by atoms with Crippen molar-refractivity contribution in [2.75, 3.05) is 12.9 Å². The molecule has 6 nitrogen and oxygen atoms in total. The first-order chi connectivity index (χ1) is 6.61. The molecule has 14 heavy (non-hydrogen) atoms. The number of hydrogen-bond donors (Lipinski definition) is 4. The van der Waals surface area contributed by atoms with Gasteiger partial charge in [-0.2, -0.15) is 0 Å². The van der Waals surface area contributed by atoms with Gasteiger partial charge in [0.1, 0.15) is 24.4 Å². The second-order valence-corrected chi connectivity index (χ2v) is 3.49. The normalized spacial score (nSPS) is 43.9. The van der Waals surface area contributed by atoms with Crippen LogP contribution in [0.3, 0.4) is 0 Å². The molecule has 0 aromatic heterocycles. The Hall–Kier alpha value is 0.110. The maximum atomic E-state index is 9.40. The van der Waals surface area contributed by atoms with Crippen molar-refractivity contribution in [3.05, 3.63) is 0 Å². The minimum atomic E-state index is -1.38. The summed E-state index contributed by atoms with van der Waals surface area (Å²) >= 11 is 0.968. The lowest BCUT2D eigenvalue weighted by Gasteiger charge is -2.38. The van der Waals surface area contributed by atoms with E-state index in [4.69, 9.17) is 14.0 Å². The van der Waals surface area contributed by atoms with Gasteiger partial charge in [0.15, 0.2) is 6.29 Å². The first-order valence-corrected chi connectivity index (χ1v) is 5.26. The van der Waals surface area contributed by atoms with Crippen LogP contribution in [0.1, 0.15) is 0 Å². The third-order valence-electron chi connectivity index (χ3n) is 2.04. The van der Waals surface area contributed by atoms with Gasteiger partial charge in [-0.15, -0.1) is 0 Å². The summed E-state index contributed by atoms with van der Waals surface area (Å²) in [5.41, 5.74) is 0. The monoisotopic (exact) mass is 226 g/mol. The molecule has 0 aromatic rings. The molecule has 84 valence electrons. The highest BCUT2D eigenvalue weighted by Crippen LogP contribution is 2.23. The average molecular weight is 226 g/mol. The molecule has 1 rings (SSSR count). The molecule has 0 bridgehead atoms. The first kappa shape index (κ1) is 12.2. The van der Waals surface area contributed by atoms with E-state index in [0.29, 0.717) is 0 Å². The fourth-order valence-electron chi connectivity index (χ4n) is 1.24. The van der Waals surface area contributed by atoms with Gasteiger partial charge in [-0.1, -0.05) is 0 Å². The lowest BCUT2D eigenvalue weighted by atomic mass is 10.00. The van der Waals surface area contributed by atoms with E-state index in [1.54, 1.807) is 6.26 Å². The second kappa shape index (κ2) is 5.26. The Morgan fingerprint density at radius 2 is 1.86 bits per heavy atom. The van der Waals surface area contributed by atoms with Crippen molar-refractivity contribution in [2.24, 2.45) is 0 Å². The van der Waals surface area contributed by atoms with Crippen LogP contribution in [0.25, 0.3) is 0 Å². The molecule has 0 spiro atoms. The van der Waals surface area contributed by atoms with Crippen molar-refractivity contribution < 1.29 is 29.3 Å². The van der Waals surface area contributed by atoms with Gasteiger partial charge in [0.2, 0.25) is 0 Å². The Morgan fingerprint density at radius 1 is 1.21 bits per heavy atom. The fourth-order valence-corrected chi connectivity index (χ4v) is 1.59. The SMILES string of the molecule is CSOC1OC(CO)C(O)C(O)C1O. The molecule has 0 amide bonds. The van der Waals surface area contributed by atoms with E-state index in [0.717, 1.165) is 12.0 Å². The Morgan fingerprint density at radius 3 is 2.36 bits per heavy atom. The minimum absolute atomic E-state index is 0.445. The van der Waals surface area contributed by atoms with E-state index >= 15 is 0 Å². The van der Waals surface area contributed by atoms with Crippen molar-refractivity contribution in [1.82, 2.24) is 0 Å². The summed E-state index contributed by atoms with van der Waals surface area (Å²) < 4.78 is 9.93. The van der Waals surface area contributed by atoms with Crippen molar-refractivity contribution in [2.45, 2.75) is 30.7 Å². The number of aliphatic hydroxyl groups is 4. The highest BCUT2D eigenvalue weighted by molar-refractivity contribution is 7.93. The fraction of sp³-hybridized carbons (Fsp3) is 1.00. The largest absolute Gasteiger partial charge is 0.394 e. The van der Waals surface area contributed by atoms with E-state index in [1.807, 2.05) is 0 Å². The van der Waals surface area contributed by atoms with Crippen LogP contribution in [0, 0.1) is 0 Å². The third-order valence-corrected chi connectivity index (χ3v) is 2.42. The summed E-state index contributed by atoms with van der Waals surface area (Å²) in [6.45, 7) is -0.445. The van der Waals surface area contributed by atoms with Gasteiger partial charge in [0.05, 0.1) is 6.61 Å². The summed E-state index contributed by atoms with van der Waals surface area (Å²) in [5.74, 6) is 0. The molecule has 7 heteroatoms. The van der Waals surface area contributed by atoms with E-state index in [9.17, 15) is 15.3 Å². The molecule has 0 saturated carbocycles. The zero-order valence-corrected chi connectivity index (χ0v) is 8.42. The molecule has 5 unspecified atom stereocenters. The van der Waals surface area contributed by atoms with Crippen molar-refractivity contribution in [1.29, 1.82) is 0 Å². The van der Waals surface area contributed by atoms with E-state index in [-0.39, 0.29) is 0 Å². The maximum Gasteiger partial charge on any atom is 0.199 e. The van der Waals surface area contributed by atoms with Crippen molar-refractivity contribution in [3.8, 4) is 0 Å². The average Bonchev–Trinajstić information content (AvgIpc) is 2.19. The summed E-state index contributed by atoms with van der Waals surface area (Å²) in [4.78, 5) is 0. The van der Waals surface area contributed by atoms with Crippen LogP contribution < -0.4 is 0 Å². The molecule has 1 aliphatic heterocycles. The summed E-state index contributed by atoms with van der Waals surface area (Å²) in [6.07, 6.45) is -4.36. The van der Waals surface area contributed by atoms with Gasteiger partial charge in [-0.25, -0.2) is 0 Å². The molecule has 1 saturated heterocycles. The Labute approximate surface area is 85.7 Å². The van der Waals surface area contributed by atoms with Gasteiger partial charge < -0.3 is 25.2 Å². The number of aliphatic hydroxyl groups excluding tert-OH is 4. The van der Waals surface area contributed by atoms with Crippen LogP contribution in [0.2, 0.25) is 0 Å². The predicted molar refractivity (Wildman–Crippen MR) is 48.4 cm³/mol. The molecule has 0 aliphatic carbocycles. The molecule has 5 atom stereocenters. The predicted octanol–water partition coefficient (Wildman–Crippen LogP) is -1.92. The van der Waals surface area contributed by atoms with Gasteiger partial charge >= 0.3 is 0 Å². The van der Waals surface area contributed by atoms with Gasteiger partial charge in [-0.3, -0.25) is 4.18 Å². The summed E-state index contributed by atoms with van der Waals surface area (Å²) in [7, 11) is 0. The number of rotatable bonds is 3. The van der Waals surface area contributed by atoms with Crippen LogP contribution in [-0.4, -0.2) is 64.0 Å². The Kier molecular flexibility index (Phi) is 4.58. The molecular weight excluding hydrogens is 212 g/mol. The van der Waals surface area contributed by atoms with Crippen LogP contribution in [-0.2, 0) is 8.92 Å². The first-order valence-electron chi connectivity index (χ1n) is 4.11. The summed E-state index contributed by atoms with van der Waals surface area (Å²) in [5, 5.41) is 36.9. The highest BCUT2D eigenvalue weighted by Gasteiger charge is 2.44. The molecule has 1 heterocycles. The van der Waals surface area contributed by atoms with Gasteiger partial charge in [-0.05, 0) is 12.0 Å². The maximum absolute atomic E-state index is 9.40. The zero-order valence-electron chi connectivity index (χ0n) is 7.61. The van der Waals surface area contributed by atoms with Crippen molar-refractivity contribution >= 4 is 12.0 Å². The number of hydrogen-bond acceptors (Lipinski definition) is 7. The van der Waals surface area contributed by atoms with Gasteiger partial charge in [0.25, 0.3) is 0 Å². The minimum Gasteiger partial charge on any atom is -0.394 e. The molecule has 1 fully saturated rings. The van der Waals surface area contributed by atoms with E-state index in [1.165, 1.54) is 0 Å². The topological polar surface area (TPSA) is 99.4 Å². The molecule has 0 aromatic carbocycles. The number of ether oxygens (including phenoxy) is 1. The lowest BCUT2D eigenvalue weighted by molar-refractivity contribution is -0.274. The Bertz CT molecular complexity index is 176. The van der Waals surface area contributed by atoms with Crippen LogP contribution in [0.15, 0.2) is 0 Å². The van der Waals surface area contributed by atoms with Crippen LogP contribution in [0.5, 0.6) is 0 Å². The molecule has 0 radical (unpaired) electrons. The highest BCUT2D eigenvalue weighted by atomic mass is 32.2. The van der Waals surface area contributed by atoms with Crippen LogP contribution >= 0.6 is 12.0 Å². The second-order valence-electron chi connectivity index (χ2n) is 2.96. The summed E-state index contributed by atoms with van der Waals surface area (Å²) in [6, 6.07) is 0. The van der Waals surface area contributed by atoms with Crippen LogP contribution in [0.4, 0.5) is 0 Å². The Balaban J connectivity index is 2.63. The molecular formula is C7H14O6S. The quantitative estimate of drug-likeness (QED) is 0.416. The lowest BCUT2D eigenvalue weighted by Crippen LogP contribution is -2.58. The van der Waals surface area contributed by atoms with Gasteiger partial charge in [0, 0.05) is 6.26 Å². The molecule has 4 N–H and O–H groups in total.